The van der Waals surface area contributed by atoms with Gasteiger partial charge in [-0.2, -0.15) is 0 Å². The number of hydrogen-bond acceptors (Lipinski definition) is 2. The molecule has 0 bridgehead atoms. The number of hydrogen-bond donors (Lipinski definition) is 2. The van der Waals surface area contributed by atoms with Crippen LogP contribution in [-0.2, 0) is 0 Å². The first-order valence-corrected chi connectivity index (χ1v) is 9.43. The fourth-order valence-corrected chi connectivity index (χ4v) is 4.11. The molecule has 4 N–H and O–H groups in total. The predicted molar refractivity (Wildman–Crippen MR) is 103 cm³/mol. The highest BCUT2D eigenvalue weighted by molar-refractivity contribution is 5.28. The van der Waals surface area contributed by atoms with Gasteiger partial charge in [0.1, 0.15) is 0 Å². The normalized spacial score (nSPS) is 22.1. The van der Waals surface area contributed by atoms with Crippen molar-refractivity contribution in [3.8, 4) is 0 Å². The van der Waals surface area contributed by atoms with Gasteiger partial charge in [0, 0.05) is 11.7 Å². The lowest BCUT2D eigenvalue weighted by molar-refractivity contribution is 0.237. The summed E-state index contributed by atoms with van der Waals surface area (Å²) in [6.07, 6.45) is 9.02. The first-order chi connectivity index (χ1) is 10.5. The van der Waals surface area contributed by atoms with Gasteiger partial charge < -0.3 is 11.5 Å². The zero-order valence-electron chi connectivity index (χ0n) is 16.5. The van der Waals surface area contributed by atoms with Crippen LogP contribution in [0.4, 0.5) is 0 Å². The summed E-state index contributed by atoms with van der Waals surface area (Å²) in [4.78, 5) is 0. The zero-order chi connectivity index (χ0) is 17.8. The fourth-order valence-electron chi connectivity index (χ4n) is 4.11. The van der Waals surface area contributed by atoms with Crippen molar-refractivity contribution in [2.45, 2.75) is 80.2 Å². The summed E-state index contributed by atoms with van der Waals surface area (Å²) in [6, 6.07) is 0.311. The lowest BCUT2D eigenvalue weighted by atomic mass is 9.72. The number of rotatable bonds is 8. The van der Waals surface area contributed by atoms with Crippen molar-refractivity contribution in [1.29, 1.82) is 0 Å². The summed E-state index contributed by atoms with van der Waals surface area (Å²) < 4.78 is 0. The van der Waals surface area contributed by atoms with E-state index in [2.05, 4.69) is 60.6 Å². The van der Waals surface area contributed by atoms with E-state index >= 15 is 0 Å². The third-order valence-corrected chi connectivity index (χ3v) is 5.17. The van der Waals surface area contributed by atoms with Crippen LogP contribution in [0.25, 0.3) is 0 Å². The molecule has 2 heteroatoms. The van der Waals surface area contributed by atoms with Crippen LogP contribution < -0.4 is 11.5 Å². The van der Waals surface area contributed by atoms with E-state index in [0.717, 1.165) is 25.0 Å². The molecule has 1 aliphatic rings. The summed E-state index contributed by atoms with van der Waals surface area (Å²) in [5.41, 5.74) is 15.3. The van der Waals surface area contributed by atoms with E-state index in [4.69, 9.17) is 11.5 Å². The van der Waals surface area contributed by atoms with Crippen LogP contribution in [0.1, 0.15) is 74.1 Å². The first-order valence-electron chi connectivity index (χ1n) is 9.43. The largest absolute Gasteiger partial charge is 0.399 e. The van der Waals surface area contributed by atoms with Gasteiger partial charge >= 0.3 is 0 Å². The average Bonchev–Trinajstić information content (AvgIpc) is 2.35. The Morgan fingerprint density at radius 3 is 2.26 bits per heavy atom. The Morgan fingerprint density at radius 1 is 1.13 bits per heavy atom. The van der Waals surface area contributed by atoms with Crippen LogP contribution in [-0.4, -0.2) is 6.04 Å². The Kier molecular flexibility index (Phi) is 7.38. The van der Waals surface area contributed by atoms with Crippen LogP contribution in [0.15, 0.2) is 23.4 Å². The minimum Gasteiger partial charge on any atom is -0.399 e. The monoisotopic (exact) mass is 320 g/mol. The van der Waals surface area contributed by atoms with Gasteiger partial charge in [0.2, 0.25) is 0 Å². The van der Waals surface area contributed by atoms with Crippen molar-refractivity contribution in [1.82, 2.24) is 0 Å². The second-order valence-corrected chi connectivity index (χ2v) is 9.36. The molecular formula is C21H40N2. The van der Waals surface area contributed by atoms with Crippen LogP contribution in [0.3, 0.4) is 0 Å². The molecule has 0 amide bonds. The summed E-state index contributed by atoms with van der Waals surface area (Å²) in [5, 5.41) is 0. The Hall–Kier alpha value is -0.760. The van der Waals surface area contributed by atoms with Crippen molar-refractivity contribution in [2.24, 2.45) is 40.6 Å². The van der Waals surface area contributed by atoms with Crippen molar-refractivity contribution in [3.63, 3.8) is 0 Å². The van der Waals surface area contributed by atoms with Crippen LogP contribution in [0.5, 0.6) is 0 Å². The molecule has 0 aromatic heterocycles. The maximum absolute atomic E-state index is 6.36. The molecule has 0 aromatic carbocycles. The van der Waals surface area contributed by atoms with Gasteiger partial charge in [-0.15, -0.1) is 0 Å². The van der Waals surface area contributed by atoms with Crippen molar-refractivity contribution in [3.05, 3.63) is 23.4 Å². The second kappa shape index (κ2) is 8.37. The third-order valence-electron chi connectivity index (χ3n) is 5.17. The molecule has 0 aliphatic heterocycles. The van der Waals surface area contributed by atoms with E-state index in [1.54, 1.807) is 0 Å². The van der Waals surface area contributed by atoms with Crippen LogP contribution in [0.2, 0.25) is 0 Å². The van der Waals surface area contributed by atoms with Gasteiger partial charge in [-0.25, -0.2) is 0 Å². The molecule has 0 radical (unpaired) electrons. The molecule has 23 heavy (non-hydrogen) atoms. The van der Waals surface area contributed by atoms with Crippen molar-refractivity contribution < 1.29 is 0 Å². The molecule has 0 fully saturated rings. The Bertz CT molecular complexity index is 429. The van der Waals surface area contributed by atoms with Gasteiger partial charge in [0.15, 0.2) is 0 Å². The summed E-state index contributed by atoms with van der Waals surface area (Å²) in [5.74, 6) is 2.49. The van der Waals surface area contributed by atoms with Crippen LogP contribution in [0, 0.1) is 29.1 Å². The maximum atomic E-state index is 6.36. The second-order valence-electron chi connectivity index (χ2n) is 9.36. The molecule has 1 aliphatic carbocycles. The van der Waals surface area contributed by atoms with Gasteiger partial charge in [-0.05, 0) is 60.8 Å². The number of nitrogens with two attached hydrogens (primary N) is 2. The molecule has 3 unspecified atom stereocenters. The van der Waals surface area contributed by atoms with E-state index in [1.165, 1.54) is 12.0 Å². The Morgan fingerprint density at radius 2 is 1.74 bits per heavy atom. The maximum Gasteiger partial charge on any atom is 0.0276 e. The zero-order valence-corrected chi connectivity index (χ0v) is 16.5. The molecule has 2 nitrogen and oxygen atoms in total. The summed E-state index contributed by atoms with van der Waals surface area (Å²) in [6.45, 7) is 16.2. The minimum absolute atomic E-state index is 0.276. The van der Waals surface area contributed by atoms with E-state index in [1.807, 2.05) is 0 Å². The molecule has 0 spiro atoms. The smallest absolute Gasteiger partial charge is 0.0276 e. The summed E-state index contributed by atoms with van der Waals surface area (Å²) in [7, 11) is 0. The third kappa shape index (κ3) is 7.12. The van der Waals surface area contributed by atoms with E-state index in [-0.39, 0.29) is 5.41 Å². The quantitative estimate of drug-likeness (QED) is 0.642. The van der Waals surface area contributed by atoms with Crippen LogP contribution >= 0.6 is 0 Å². The molecule has 134 valence electrons. The van der Waals surface area contributed by atoms with Crippen molar-refractivity contribution in [2.75, 3.05) is 0 Å². The number of allylic oxidation sites excluding steroid dienone is 3. The fraction of sp³-hybridized carbons (Fsp3) is 0.810. The van der Waals surface area contributed by atoms with E-state index in [9.17, 15) is 0 Å². The highest BCUT2D eigenvalue weighted by Crippen LogP contribution is 2.38. The lowest BCUT2D eigenvalue weighted by Gasteiger charge is -2.34. The molecular weight excluding hydrogens is 280 g/mol. The highest BCUT2D eigenvalue weighted by atomic mass is 14.6. The first kappa shape index (κ1) is 20.3. The molecule has 1 rings (SSSR count). The average molecular weight is 321 g/mol. The minimum atomic E-state index is 0.276. The topological polar surface area (TPSA) is 52.0 Å². The molecule has 3 atom stereocenters. The van der Waals surface area contributed by atoms with Gasteiger partial charge in [-0.3, -0.25) is 0 Å². The lowest BCUT2D eigenvalue weighted by Crippen LogP contribution is -2.31. The molecule has 0 heterocycles. The summed E-state index contributed by atoms with van der Waals surface area (Å²) >= 11 is 0. The van der Waals surface area contributed by atoms with Gasteiger partial charge in [-0.1, -0.05) is 60.1 Å². The van der Waals surface area contributed by atoms with Crippen molar-refractivity contribution >= 4 is 0 Å². The Balaban J connectivity index is 2.67. The van der Waals surface area contributed by atoms with Gasteiger partial charge in [0.25, 0.3) is 0 Å². The molecule has 0 saturated heterocycles. The predicted octanol–water partition coefficient (Wildman–Crippen LogP) is 5.25. The SMILES string of the molecule is CC(C)CC(N)CC(C)(C)CC(C)C1=CC(N)=CC(C(C)C)C1. The molecule has 0 aromatic rings. The van der Waals surface area contributed by atoms with E-state index < -0.39 is 0 Å². The standard InChI is InChI=1S/C21H40N2/c1-14(2)8-20(23)13-21(6,7)12-16(5)18-9-17(15(3)4)10-19(22)11-18/h10-11,14-17,20H,8-9,12-13,22-23H2,1-7H3. The molecule has 0 saturated carbocycles. The Labute approximate surface area is 144 Å². The highest BCUT2D eigenvalue weighted by Gasteiger charge is 2.28. The van der Waals surface area contributed by atoms with Gasteiger partial charge in [0.05, 0.1) is 0 Å². The van der Waals surface area contributed by atoms with E-state index in [0.29, 0.717) is 29.7 Å².